The zero-order valence-electron chi connectivity index (χ0n) is 12.6. The van der Waals surface area contributed by atoms with Gasteiger partial charge >= 0.3 is 0 Å². The van der Waals surface area contributed by atoms with Crippen molar-refractivity contribution in [3.63, 3.8) is 0 Å². The van der Waals surface area contributed by atoms with Gasteiger partial charge in [0.25, 0.3) is 0 Å². The van der Waals surface area contributed by atoms with Crippen LogP contribution in [0.3, 0.4) is 0 Å². The van der Waals surface area contributed by atoms with Crippen LogP contribution in [0.5, 0.6) is 0 Å². The fourth-order valence-corrected chi connectivity index (χ4v) is 3.25. The molecule has 1 aromatic carbocycles. The summed E-state index contributed by atoms with van der Waals surface area (Å²) in [7, 11) is 0. The Morgan fingerprint density at radius 2 is 2.24 bits per heavy atom. The number of nitrogens with zero attached hydrogens (tertiary/aromatic N) is 1. The molecule has 0 aromatic heterocycles. The summed E-state index contributed by atoms with van der Waals surface area (Å²) in [6.07, 6.45) is 1.03. The van der Waals surface area contributed by atoms with E-state index >= 15 is 0 Å². The maximum absolute atomic E-state index is 12.2. The molecule has 0 aliphatic carbocycles. The van der Waals surface area contributed by atoms with Crippen molar-refractivity contribution in [2.45, 2.75) is 32.4 Å². The molecule has 1 heterocycles. The Balaban J connectivity index is 1.91. The molecule has 3 unspecified atom stereocenters. The summed E-state index contributed by atoms with van der Waals surface area (Å²) in [5, 5.41) is 13.1. The number of aliphatic hydroxyl groups excluding tert-OH is 1. The highest BCUT2D eigenvalue weighted by atomic mass is 35.5. The number of likely N-dealkylation sites (tertiary alicyclic amines) is 1. The Kier molecular flexibility index (Phi) is 5.62. The molecule has 1 fully saturated rings. The van der Waals surface area contributed by atoms with Gasteiger partial charge < -0.3 is 10.4 Å². The van der Waals surface area contributed by atoms with E-state index in [-0.39, 0.29) is 24.6 Å². The predicted molar refractivity (Wildman–Crippen MR) is 84.2 cm³/mol. The van der Waals surface area contributed by atoms with Crippen LogP contribution in [0.15, 0.2) is 24.3 Å². The monoisotopic (exact) mass is 310 g/mol. The molecular weight excluding hydrogens is 288 g/mol. The van der Waals surface area contributed by atoms with Crippen LogP contribution in [0.1, 0.15) is 31.9 Å². The number of halogens is 1. The van der Waals surface area contributed by atoms with Crippen molar-refractivity contribution in [1.82, 2.24) is 10.2 Å². The molecule has 1 aliphatic rings. The minimum atomic E-state index is -0.126. The fraction of sp³-hybridized carbons (Fsp3) is 0.562. The van der Waals surface area contributed by atoms with Crippen molar-refractivity contribution in [1.29, 1.82) is 0 Å². The molecule has 1 aliphatic heterocycles. The molecule has 0 bridgehead atoms. The molecule has 1 amide bonds. The van der Waals surface area contributed by atoms with Crippen molar-refractivity contribution in [2.24, 2.45) is 5.92 Å². The van der Waals surface area contributed by atoms with Crippen LogP contribution in [0, 0.1) is 5.92 Å². The van der Waals surface area contributed by atoms with Crippen LogP contribution >= 0.6 is 11.6 Å². The van der Waals surface area contributed by atoms with Gasteiger partial charge in [-0.2, -0.15) is 0 Å². The topological polar surface area (TPSA) is 52.6 Å². The normalized spacial score (nSPS) is 24.0. The van der Waals surface area contributed by atoms with Gasteiger partial charge in [0.2, 0.25) is 5.91 Å². The number of benzene rings is 1. The van der Waals surface area contributed by atoms with Gasteiger partial charge in [-0.05, 0) is 37.4 Å². The summed E-state index contributed by atoms with van der Waals surface area (Å²) in [6.45, 7) is 5.33. The van der Waals surface area contributed by atoms with E-state index in [2.05, 4.69) is 17.1 Å². The average molecular weight is 311 g/mol. The highest BCUT2D eigenvalue weighted by Gasteiger charge is 2.31. The van der Waals surface area contributed by atoms with E-state index in [0.29, 0.717) is 17.5 Å². The molecule has 4 nitrogen and oxygen atoms in total. The third kappa shape index (κ3) is 3.96. The maximum Gasteiger partial charge on any atom is 0.234 e. The van der Waals surface area contributed by atoms with E-state index < -0.39 is 0 Å². The number of hydrogen-bond donors (Lipinski definition) is 2. The Bertz CT molecular complexity index is 495. The molecule has 0 radical (unpaired) electrons. The highest BCUT2D eigenvalue weighted by molar-refractivity contribution is 6.31. The van der Waals surface area contributed by atoms with Crippen molar-refractivity contribution in [3.8, 4) is 0 Å². The third-order valence-electron chi connectivity index (χ3n) is 4.28. The summed E-state index contributed by atoms with van der Waals surface area (Å²) in [5.74, 6) is 0.402. The number of amides is 1. The quantitative estimate of drug-likeness (QED) is 0.877. The Morgan fingerprint density at radius 1 is 1.52 bits per heavy atom. The first-order chi connectivity index (χ1) is 10.0. The van der Waals surface area contributed by atoms with E-state index in [1.807, 2.05) is 31.2 Å². The predicted octanol–water partition coefficient (Wildman–Crippen LogP) is 2.22. The molecule has 2 rings (SSSR count). The van der Waals surface area contributed by atoms with E-state index in [4.69, 9.17) is 11.6 Å². The second-order valence-corrected chi connectivity index (χ2v) is 6.20. The Morgan fingerprint density at radius 3 is 2.90 bits per heavy atom. The second-order valence-electron chi connectivity index (χ2n) is 5.80. The van der Waals surface area contributed by atoms with E-state index in [1.165, 1.54) is 0 Å². The van der Waals surface area contributed by atoms with Crippen LogP contribution in [0.25, 0.3) is 0 Å². The SMILES string of the molecule is CC(NC(=O)CN1CCC(C)C1CO)c1ccccc1Cl. The van der Waals surface area contributed by atoms with Gasteiger partial charge in [0.1, 0.15) is 0 Å². The number of carbonyl (C=O) groups is 1. The van der Waals surface area contributed by atoms with Crippen LogP contribution < -0.4 is 5.32 Å². The molecule has 21 heavy (non-hydrogen) atoms. The molecule has 5 heteroatoms. The van der Waals surface area contributed by atoms with Gasteiger partial charge in [-0.1, -0.05) is 36.7 Å². The lowest BCUT2D eigenvalue weighted by atomic mass is 10.0. The number of hydrogen-bond acceptors (Lipinski definition) is 3. The van der Waals surface area contributed by atoms with Gasteiger partial charge in [0.15, 0.2) is 0 Å². The molecule has 1 aromatic rings. The van der Waals surface area contributed by atoms with Gasteiger partial charge in [-0.15, -0.1) is 0 Å². The second kappa shape index (κ2) is 7.25. The summed E-state index contributed by atoms with van der Waals surface area (Å²) in [5.41, 5.74) is 0.918. The minimum Gasteiger partial charge on any atom is -0.395 e. The molecular formula is C16H23ClN2O2. The van der Waals surface area contributed by atoms with Crippen molar-refractivity contribution in [3.05, 3.63) is 34.9 Å². The summed E-state index contributed by atoms with van der Waals surface area (Å²) >= 11 is 6.14. The summed E-state index contributed by atoms with van der Waals surface area (Å²) in [4.78, 5) is 14.2. The van der Waals surface area contributed by atoms with Crippen molar-refractivity contribution in [2.75, 3.05) is 19.7 Å². The molecule has 0 spiro atoms. The van der Waals surface area contributed by atoms with E-state index in [0.717, 1.165) is 18.5 Å². The van der Waals surface area contributed by atoms with Gasteiger partial charge in [0, 0.05) is 11.1 Å². The lowest BCUT2D eigenvalue weighted by molar-refractivity contribution is -0.123. The molecule has 3 atom stereocenters. The number of aliphatic hydroxyl groups is 1. The van der Waals surface area contributed by atoms with Crippen LogP contribution in [0.2, 0.25) is 5.02 Å². The summed E-state index contributed by atoms with van der Waals surface area (Å²) < 4.78 is 0. The Hall–Kier alpha value is -1.10. The maximum atomic E-state index is 12.2. The van der Waals surface area contributed by atoms with Crippen LogP contribution in [0.4, 0.5) is 0 Å². The van der Waals surface area contributed by atoms with Gasteiger partial charge in [0.05, 0.1) is 19.2 Å². The van der Waals surface area contributed by atoms with Gasteiger partial charge in [-0.25, -0.2) is 0 Å². The molecule has 1 saturated heterocycles. The lowest BCUT2D eigenvalue weighted by Gasteiger charge is -2.25. The number of nitrogens with one attached hydrogen (secondary N) is 1. The zero-order valence-corrected chi connectivity index (χ0v) is 13.3. The van der Waals surface area contributed by atoms with Crippen molar-refractivity contribution >= 4 is 17.5 Å². The molecule has 2 N–H and O–H groups in total. The standard InChI is InChI=1S/C16H23ClN2O2/c1-11-7-8-19(15(11)10-20)9-16(21)18-12(2)13-5-3-4-6-14(13)17/h3-6,11-12,15,20H,7-10H2,1-2H3,(H,18,21). The Labute approximate surface area is 131 Å². The fourth-order valence-electron chi connectivity index (χ4n) is 2.95. The first kappa shape index (κ1) is 16.3. The first-order valence-electron chi connectivity index (χ1n) is 7.41. The van der Waals surface area contributed by atoms with Gasteiger partial charge in [-0.3, -0.25) is 9.69 Å². The van der Waals surface area contributed by atoms with E-state index in [9.17, 15) is 9.90 Å². The minimum absolute atomic E-state index is 0.0324. The number of carbonyl (C=O) groups excluding carboxylic acids is 1. The highest BCUT2D eigenvalue weighted by Crippen LogP contribution is 2.24. The summed E-state index contributed by atoms with van der Waals surface area (Å²) in [6, 6.07) is 7.49. The van der Waals surface area contributed by atoms with E-state index in [1.54, 1.807) is 0 Å². The lowest BCUT2D eigenvalue weighted by Crippen LogP contribution is -2.43. The molecule has 116 valence electrons. The molecule has 0 saturated carbocycles. The van der Waals surface area contributed by atoms with Crippen LogP contribution in [-0.4, -0.2) is 41.7 Å². The smallest absolute Gasteiger partial charge is 0.234 e. The average Bonchev–Trinajstić information content (AvgIpc) is 2.79. The van der Waals surface area contributed by atoms with Crippen molar-refractivity contribution < 1.29 is 9.90 Å². The largest absolute Gasteiger partial charge is 0.395 e. The van der Waals surface area contributed by atoms with Crippen LogP contribution in [-0.2, 0) is 4.79 Å². The first-order valence-corrected chi connectivity index (χ1v) is 7.79. The third-order valence-corrected chi connectivity index (χ3v) is 4.62. The number of rotatable bonds is 5. The zero-order chi connectivity index (χ0) is 15.4.